The van der Waals surface area contributed by atoms with Gasteiger partial charge in [0.2, 0.25) is 0 Å². The molecule has 1 atom stereocenters. The number of hydrogen-bond donors (Lipinski definition) is 1. The second-order valence-corrected chi connectivity index (χ2v) is 6.21. The molecule has 0 heterocycles. The topological polar surface area (TPSA) is 21.3 Å². The Morgan fingerprint density at radius 2 is 2.00 bits per heavy atom. The van der Waals surface area contributed by atoms with E-state index in [0.717, 1.165) is 16.6 Å². The first kappa shape index (κ1) is 16.8. The SMILES string of the molecule is FC(F)(F)COCCC(CNC1CC1)c1ccccc1Br. The van der Waals surface area contributed by atoms with Crippen LogP contribution in [0.1, 0.15) is 30.7 Å². The quantitative estimate of drug-likeness (QED) is 0.695. The molecule has 0 bridgehead atoms. The molecule has 1 saturated carbocycles. The molecule has 1 fully saturated rings. The van der Waals surface area contributed by atoms with Crippen LogP contribution in [0.4, 0.5) is 13.2 Å². The molecule has 1 N–H and O–H groups in total. The smallest absolute Gasteiger partial charge is 0.372 e. The Bertz CT molecular complexity index is 449. The largest absolute Gasteiger partial charge is 0.411 e. The summed E-state index contributed by atoms with van der Waals surface area (Å²) in [5, 5.41) is 3.44. The lowest BCUT2D eigenvalue weighted by Crippen LogP contribution is -2.25. The average molecular weight is 366 g/mol. The molecule has 21 heavy (non-hydrogen) atoms. The molecule has 0 aliphatic heterocycles. The molecular weight excluding hydrogens is 347 g/mol. The molecule has 118 valence electrons. The molecule has 0 spiro atoms. The van der Waals surface area contributed by atoms with Crippen molar-refractivity contribution in [1.29, 1.82) is 0 Å². The summed E-state index contributed by atoms with van der Waals surface area (Å²) in [4.78, 5) is 0. The minimum Gasteiger partial charge on any atom is -0.372 e. The summed E-state index contributed by atoms with van der Waals surface area (Å²) in [6.07, 6.45) is -1.31. The second kappa shape index (κ2) is 7.61. The van der Waals surface area contributed by atoms with Gasteiger partial charge in [0.1, 0.15) is 6.61 Å². The molecule has 0 amide bonds. The van der Waals surface area contributed by atoms with Gasteiger partial charge in [-0.1, -0.05) is 34.1 Å². The van der Waals surface area contributed by atoms with Crippen LogP contribution in [0.15, 0.2) is 28.7 Å². The van der Waals surface area contributed by atoms with Gasteiger partial charge in [-0.15, -0.1) is 0 Å². The summed E-state index contributed by atoms with van der Waals surface area (Å²) in [6.45, 7) is -0.299. The number of benzene rings is 1. The van der Waals surface area contributed by atoms with Crippen LogP contribution >= 0.6 is 15.9 Å². The molecule has 1 aromatic rings. The van der Waals surface area contributed by atoms with Gasteiger partial charge in [0.05, 0.1) is 0 Å². The molecule has 1 aromatic carbocycles. The highest BCUT2D eigenvalue weighted by molar-refractivity contribution is 9.10. The lowest BCUT2D eigenvalue weighted by molar-refractivity contribution is -0.174. The van der Waals surface area contributed by atoms with Gasteiger partial charge in [-0.25, -0.2) is 0 Å². The lowest BCUT2D eigenvalue weighted by atomic mass is 9.96. The molecule has 0 aromatic heterocycles. The van der Waals surface area contributed by atoms with Crippen molar-refractivity contribution in [2.45, 2.75) is 37.4 Å². The first-order chi connectivity index (χ1) is 9.96. The summed E-state index contributed by atoms with van der Waals surface area (Å²) < 4.78 is 42.0. The molecule has 2 rings (SSSR count). The van der Waals surface area contributed by atoms with Crippen molar-refractivity contribution in [3.63, 3.8) is 0 Å². The van der Waals surface area contributed by atoms with E-state index in [0.29, 0.717) is 12.5 Å². The van der Waals surface area contributed by atoms with Crippen molar-refractivity contribution in [2.24, 2.45) is 0 Å². The van der Waals surface area contributed by atoms with Crippen molar-refractivity contribution in [1.82, 2.24) is 5.32 Å². The Labute approximate surface area is 131 Å². The Balaban J connectivity index is 1.87. The Morgan fingerprint density at radius 3 is 2.62 bits per heavy atom. The maximum atomic E-state index is 12.1. The van der Waals surface area contributed by atoms with E-state index in [-0.39, 0.29) is 12.5 Å². The Kier molecular flexibility index (Phi) is 6.08. The van der Waals surface area contributed by atoms with Crippen LogP contribution in [-0.2, 0) is 4.74 Å². The summed E-state index contributed by atoms with van der Waals surface area (Å²) >= 11 is 3.51. The molecule has 1 unspecified atom stereocenters. The van der Waals surface area contributed by atoms with Gasteiger partial charge >= 0.3 is 6.18 Å². The van der Waals surface area contributed by atoms with Crippen LogP contribution in [0, 0.1) is 0 Å². The summed E-state index contributed by atoms with van der Waals surface area (Å²) in [6, 6.07) is 8.41. The molecule has 0 radical (unpaired) electrons. The Hall–Kier alpha value is -0.590. The maximum Gasteiger partial charge on any atom is 0.411 e. The molecule has 0 saturated heterocycles. The fourth-order valence-electron chi connectivity index (χ4n) is 2.18. The normalized spacial score (nSPS) is 17.0. The van der Waals surface area contributed by atoms with E-state index in [9.17, 15) is 13.2 Å². The molecule has 2 nitrogen and oxygen atoms in total. The van der Waals surface area contributed by atoms with E-state index >= 15 is 0 Å². The Morgan fingerprint density at radius 1 is 1.29 bits per heavy atom. The zero-order valence-electron chi connectivity index (χ0n) is 11.6. The van der Waals surface area contributed by atoms with E-state index in [2.05, 4.69) is 21.2 Å². The number of halogens is 4. The zero-order chi connectivity index (χ0) is 15.3. The first-order valence-corrected chi connectivity index (χ1v) is 7.87. The van der Waals surface area contributed by atoms with Crippen molar-refractivity contribution in [2.75, 3.05) is 19.8 Å². The van der Waals surface area contributed by atoms with Crippen LogP contribution in [0.5, 0.6) is 0 Å². The minimum atomic E-state index is -4.25. The summed E-state index contributed by atoms with van der Waals surface area (Å²) in [5.41, 5.74) is 1.11. The second-order valence-electron chi connectivity index (χ2n) is 5.36. The third-order valence-electron chi connectivity index (χ3n) is 3.45. The van der Waals surface area contributed by atoms with Crippen LogP contribution < -0.4 is 5.32 Å². The molecular formula is C15H19BrF3NO. The van der Waals surface area contributed by atoms with Crippen LogP contribution in [-0.4, -0.2) is 32.0 Å². The fourth-order valence-corrected chi connectivity index (χ4v) is 2.79. The van der Waals surface area contributed by atoms with Gasteiger partial charge < -0.3 is 10.1 Å². The number of ether oxygens (including phenoxy) is 1. The highest BCUT2D eigenvalue weighted by atomic mass is 79.9. The van der Waals surface area contributed by atoms with E-state index < -0.39 is 12.8 Å². The molecule has 6 heteroatoms. The maximum absolute atomic E-state index is 12.1. The van der Waals surface area contributed by atoms with Gasteiger partial charge in [0.15, 0.2) is 0 Å². The predicted octanol–water partition coefficient (Wildman–Crippen LogP) is 4.25. The highest BCUT2D eigenvalue weighted by Gasteiger charge is 2.28. The van der Waals surface area contributed by atoms with E-state index in [4.69, 9.17) is 4.74 Å². The minimum absolute atomic E-state index is 0.109. The van der Waals surface area contributed by atoms with Gasteiger partial charge in [0, 0.05) is 23.7 Å². The number of rotatable bonds is 8. The van der Waals surface area contributed by atoms with Crippen molar-refractivity contribution >= 4 is 15.9 Å². The predicted molar refractivity (Wildman–Crippen MR) is 79.4 cm³/mol. The zero-order valence-corrected chi connectivity index (χ0v) is 13.2. The van der Waals surface area contributed by atoms with Gasteiger partial charge in [-0.2, -0.15) is 13.2 Å². The van der Waals surface area contributed by atoms with Gasteiger partial charge in [-0.05, 0) is 36.8 Å². The number of nitrogens with one attached hydrogen (secondary N) is 1. The van der Waals surface area contributed by atoms with Crippen molar-refractivity contribution in [3.05, 3.63) is 34.3 Å². The van der Waals surface area contributed by atoms with Crippen LogP contribution in [0.25, 0.3) is 0 Å². The lowest BCUT2D eigenvalue weighted by Gasteiger charge is -2.20. The van der Waals surface area contributed by atoms with E-state index in [1.54, 1.807) is 0 Å². The van der Waals surface area contributed by atoms with Gasteiger partial charge in [-0.3, -0.25) is 0 Å². The average Bonchev–Trinajstić information content (AvgIpc) is 3.22. The van der Waals surface area contributed by atoms with E-state index in [1.807, 2.05) is 24.3 Å². The van der Waals surface area contributed by atoms with Crippen LogP contribution in [0.3, 0.4) is 0 Å². The summed E-state index contributed by atoms with van der Waals surface area (Å²) in [5.74, 6) is 0.148. The monoisotopic (exact) mass is 365 g/mol. The highest BCUT2D eigenvalue weighted by Crippen LogP contribution is 2.28. The fraction of sp³-hybridized carbons (Fsp3) is 0.600. The standard InChI is InChI=1S/C15H19BrF3NO/c16-14-4-2-1-3-13(14)11(9-20-12-5-6-12)7-8-21-10-15(17,18)19/h1-4,11-12,20H,5-10H2. The molecule has 1 aliphatic carbocycles. The van der Waals surface area contributed by atoms with Crippen molar-refractivity contribution < 1.29 is 17.9 Å². The third kappa shape index (κ3) is 6.36. The number of alkyl halides is 3. The molecule has 1 aliphatic rings. The summed E-state index contributed by atoms with van der Waals surface area (Å²) in [7, 11) is 0. The van der Waals surface area contributed by atoms with Gasteiger partial charge in [0.25, 0.3) is 0 Å². The number of hydrogen-bond acceptors (Lipinski definition) is 2. The first-order valence-electron chi connectivity index (χ1n) is 7.08. The van der Waals surface area contributed by atoms with Crippen LogP contribution in [0.2, 0.25) is 0 Å². The van der Waals surface area contributed by atoms with E-state index in [1.165, 1.54) is 12.8 Å². The van der Waals surface area contributed by atoms with Crippen molar-refractivity contribution in [3.8, 4) is 0 Å². The third-order valence-corrected chi connectivity index (χ3v) is 4.17.